The van der Waals surface area contributed by atoms with E-state index in [-0.39, 0.29) is 43.6 Å². The monoisotopic (exact) mass is 608 g/mol. The standard InChI is InChI=1S/C31H33F5N2O3S/c1-20-6-3-4-7-25(20)27-16-21(8-9-26(27)29(39)37-28(30(40)41)10-13-42-2)18-38(12-5-11-31(34,35)36)19-22-14-23(32)17-24(33)15-22/h3-4,6-9,14-17,28H,5,10-13,18-19H2,1-2H3,(H,37,39)(H,40,41). The van der Waals surface area contributed by atoms with E-state index in [0.717, 1.165) is 29.3 Å². The molecule has 0 bridgehead atoms. The van der Waals surface area contributed by atoms with Crippen molar-refractivity contribution in [1.82, 2.24) is 10.2 Å². The molecule has 0 aromatic heterocycles. The Morgan fingerprint density at radius 2 is 1.62 bits per heavy atom. The van der Waals surface area contributed by atoms with E-state index in [0.29, 0.717) is 16.9 Å². The van der Waals surface area contributed by atoms with Gasteiger partial charge in [0, 0.05) is 31.1 Å². The van der Waals surface area contributed by atoms with Crippen molar-refractivity contribution in [3.63, 3.8) is 0 Å². The summed E-state index contributed by atoms with van der Waals surface area (Å²) < 4.78 is 66.3. The number of nitrogens with zero attached hydrogens (tertiary/aromatic N) is 1. The van der Waals surface area contributed by atoms with Crippen LogP contribution in [-0.4, -0.2) is 52.7 Å². The number of carbonyl (C=O) groups excluding carboxylic acids is 1. The highest BCUT2D eigenvalue weighted by Crippen LogP contribution is 2.29. The molecule has 5 nitrogen and oxygen atoms in total. The minimum absolute atomic E-state index is 0.00417. The zero-order valence-corrected chi connectivity index (χ0v) is 24.1. The molecule has 0 aliphatic heterocycles. The molecule has 0 saturated heterocycles. The number of carbonyl (C=O) groups is 2. The third-order valence-electron chi connectivity index (χ3n) is 6.65. The number of amides is 1. The van der Waals surface area contributed by atoms with Crippen LogP contribution in [0.15, 0.2) is 60.7 Å². The second kappa shape index (κ2) is 15.2. The number of carboxylic acids is 1. The fourth-order valence-electron chi connectivity index (χ4n) is 4.65. The van der Waals surface area contributed by atoms with E-state index in [1.54, 1.807) is 29.2 Å². The first kappa shape index (κ1) is 33.1. The first-order chi connectivity index (χ1) is 19.9. The summed E-state index contributed by atoms with van der Waals surface area (Å²) in [5.41, 5.74) is 3.31. The minimum Gasteiger partial charge on any atom is -0.480 e. The molecule has 1 atom stereocenters. The van der Waals surface area contributed by atoms with Gasteiger partial charge in [-0.2, -0.15) is 24.9 Å². The quantitative estimate of drug-likeness (QED) is 0.189. The van der Waals surface area contributed by atoms with Crippen molar-refractivity contribution < 1.29 is 36.6 Å². The van der Waals surface area contributed by atoms with E-state index in [9.17, 15) is 36.6 Å². The smallest absolute Gasteiger partial charge is 0.389 e. The van der Waals surface area contributed by atoms with Crippen molar-refractivity contribution in [3.05, 3.63) is 94.6 Å². The number of aliphatic carboxylic acids is 1. The van der Waals surface area contributed by atoms with Gasteiger partial charge in [0.1, 0.15) is 17.7 Å². The number of halogens is 5. The summed E-state index contributed by atoms with van der Waals surface area (Å²) in [6.07, 6.45) is -3.47. The number of benzene rings is 3. The second-order valence-electron chi connectivity index (χ2n) is 10.0. The molecule has 2 N–H and O–H groups in total. The zero-order chi connectivity index (χ0) is 30.9. The molecular weight excluding hydrogens is 575 g/mol. The van der Waals surface area contributed by atoms with E-state index >= 15 is 0 Å². The number of hydrogen-bond acceptors (Lipinski definition) is 4. The van der Waals surface area contributed by atoms with Crippen molar-refractivity contribution in [2.45, 2.75) is 51.5 Å². The maximum absolute atomic E-state index is 13.8. The van der Waals surface area contributed by atoms with Gasteiger partial charge in [-0.1, -0.05) is 30.3 Å². The third-order valence-corrected chi connectivity index (χ3v) is 7.29. The van der Waals surface area contributed by atoms with Crippen LogP contribution in [0.4, 0.5) is 22.0 Å². The van der Waals surface area contributed by atoms with Gasteiger partial charge >= 0.3 is 12.1 Å². The fraction of sp³-hybridized carbons (Fsp3) is 0.355. The van der Waals surface area contributed by atoms with E-state index in [4.69, 9.17) is 0 Å². The summed E-state index contributed by atoms with van der Waals surface area (Å²) in [4.78, 5) is 26.7. The minimum atomic E-state index is -4.34. The van der Waals surface area contributed by atoms with Crippen LogP contribution in [0.2, 0.25) is 0 Å². The lowest BCUT2D eigenvalue weighted by Crippen LogP contribution is -2.41. The molecule has 0 aliphatic rings. The molecule has 0 spiro atoms. The number of rotatable bonds is 14. The summed E-state index contributed by atoms with van der Waals surface area (Å²) in [6.45, 7) is 2.02. The van der Waals surface area contributed by atoms with Gasteiger partial charge in [0.2, 0.25) is 0 Å². The molecule has 0 fully saturated rings. The average molecular weight is 609 g/mol. The Morgan fingerprint density at radius 3 is 2.24 bits per heavy atom. The Morgan fingerprint density at radius 1 is 0.952 bits per heavy atom. The summed E-state index contributed by atoms with van der Waals surface area (Å²) in [6, 6.07) is 14.2. The van der Waals surface area contributed by atoms with Crippen molar-refractivity contribution in [3.8, 4) is 11.1 Å². The van der Waals surface area contributed by atoms with Crippen molar-refractivity contribution in [2.24, 2.45) is 0 Å². The Kier molecular flexibility index (Phi) is 11.9. The van der Waals surface area contributed by atoms with Gasteiger partial charge in [0.05, 0.1) is 0 Å². The van der Waals surface area contributed by atoms with E-state index in [1.807, 2.05) is 31.4 Å². The molecule has 0 aliphatic carbocycles. The van der Waals surface area contributed by atoms with Gasteiger partial charge < -0.3 is 10.4 Å². The van der Waals surface area contributed by atoms with Gasteiger partial charge in [-0.15, -0.1) is 0 Å². The molecule has 3 aromatic carbocycles. The van der Waals surface area contributed by atoms with E-state index in [1.165, 1.54) is 11.8 Å². The van der Waals surface area contributed by atoms with Crippen molar-refractivity contribution >= 4 is 23.6 Å². The van der Waals surface area contributed by atoms with Crippen molar-refractivity contribution in [1.29, 1.82) is 0 Å². The molecule has 3 rings (SSSR count). The first-order valence-corrected chi connectivity index (χ1v) is 14.7. The highest BCUT2D eigenvalue weighted by molar-refractivity contribution is 7.98. The highest BCUT2D eigenvalue weighted by Gasteiger charge is 2.27. The van der Waals surface area contributed by atoms with Crippen LogP contribution in [0.25, 0.3) is 11.1 Å². The lowest BCUT2D eigenvalue weighted by atomic mass is 9.93. The van der Waals surface area contributed by atoms with Crippen LogP contribution in [0.3, 0.4) is 0 Å². The molecule has 11 heteroatoms. The molecule has 42 heavy (non-hydrogen) atoms. The topological polar surface area (TPSA) is 69.6 Å². The average Bonchev–Trinajstić information content (AvgIpc) is 2.89. The zero-order valence-electron chi connectivity index (χ0n) is 23.3. The molecular formula is C31H33F5N2O3S. The van der Waals surface area contributed by atoms with Crippen LogP contribution in [0.1, 0.15) is 46.3 Å². The predicted molar refractivity (Wildman–Crippen MR) is 154 cm³/mol. The summed E-state index contributed by atoms with van der Waals surface area (Å²) in [5, 5.41) is 12.2. The molecule has 3 aromatic rings. The first-order valence-electron chi connectivity index (χ1n) is 13.3. The molecule has 0 heterocycles. The van der Waals surface area contributed by atoms with Gasteiger partial charge in [-0.05, 0) is 90.4 Å². The van der Waals surface area contributed by atoms with Crippen LogP contribution < -0.4 is 5.32 Å². The number of alkyl halides is 3. The van der Waals surface area contributed by atoms with Gasteiger partial charge in [0.15, 0.2) is 0 Å². The third kappa shape index (κ3) is 10.1. The maximum Gasteiger partial charge on any atom is 0.389 e. The summed E-state index contributed by atoms with van der Waals surface area (Å²) in [7, 11) is 0. The summed E-state index contributed by atoms with van der Waals surface area (Å²) in [5.74, 6) is -2.73. The van der Waals surface area contributed by atoms with E-state index < -0.39 is 42.1 Å². The summed E-state index contributed by atoms with van der Waals surface area (Å²) >= 11 is 1.47. The van der Waals surface area contributed by atoms with Crippen LogP contribution >= 0.6 is 11.8 Å². The highest BCUT2D eigenvalue weighted by atomic mass is 32.2. The van der Waals surface area contributed by atoms with Gasteiger partial charge in [-0.25, -0.2) is 13.6 Å². The van der Waals surface area contributed by atoms with Crippen LogP contribution in [0, 0.1) is 18.6 Å². The van der Waals surface area contributed by atoms with Gasteiger partial charge in [0.25, 0.3) is 5.91 Å². The Hall–Kier alpha value is -3.44. The molecule has 1 amide bonds. The molecule has 226 valence electrons. The Balaban J connectivity index is 1.96. The number of aryl methyl sites for hydroxylation is 1. The number of thioether (sulfide) groups is 1. The van der Waals surface area contributed by atoms with Gasteiger partial charge in [-0.3, -0.25) is 9.69 Å². The Labute approximate surface area is 246 Å². The normalized spacial score (nSPS) is 12.4. The number of hydrogen-bond donors (Lipinski definition) is 2. The van der Waals surface area contributed by atoms with Crippen molar-refractivity contribution in [2.75, 3.05) is 18.6 Å². The maximum atomic E-state index is 13.8. The Bertz CT molecular complexity index is 1360. The SMILES string of the molecule is CSCCC(NC(=O)c1ccc(CN(CCCC(F)(F)F)Cc2cc(F)cc(F)c2)cc1-c1ccccc1C)C(=O)O. The molecule has 0 saturated carbocycles. The largest absolute Gasteiger partial charge is 0.480 e. The molecule has 0 radical (unpaired) electrons. The molecule has 1 unspecified atom stereocenters. The van der Waals surface area contributed by atoms with E-state index in [2.05, 4.69) is 5.32 Å². The van der Waals surface area contributed by atoms with Crippen LogP contribution in [0.5, 0.6) is 0 Å². The lowest BCUT2D eigenvalue weighted by Gasteiger charge is -2.24. The lowest BCUT2D eigenvalue weighted by molar-refractivity contribution is -0.139. The fourth-order valence-corrected chi connectivity index (χ4v) is 5.12. The number of nitrogens with one attached hydrogen (secondary N) is 1. The number of carboxylic acid groups (broad SMARTS) is 1. The second-order valence-corrected chi connectivity index (χ2v) is 11.0. The predicted octanol–water partition coefficient (Wildman–Crippen LogP) is 7.22. The van der Waals surface area contributed by atoms with Crippen LogP contribution in [-0.2, 0) is 17.9 Å².